The summed E-state index contributed by atoms with van der Waals surface area (Å²) >= 11 is 0. The molecule has 0 aromatic heterocycles. The molecular formula is C17H24N2. The fourth-order valence-corrected chi connectivity index (χ4v) is 5.87. The van der Waals surface area contributed by atoms with Crippen LogP contribution in [0.1, 0.15) is 44.1 Å². The van der Waals surface area contributed by atoms with E-state index in [1.54, 1.807) is 0 Å². The van der Waals surface area contributed by atoms with Crippen molar-refractivity contribution in [3.8, 4) is 0 Å². The van der Waals surface area contributed by atoms with Gasteiger partial charge in [-0.2, -0.15) is 0 Å². The van der Waals surface area contributed by atoms with E-state index in [9.17, 15) is 0 Å². The van der Waals surface area contributed by atoms with Gasteiger partial charge in [-0.15, -0.1) is 0 Å². The summed E-state index contributed by atoms with van der Waals surface area (Å²) < 4.78 is 0. The summed E-state index contributed by atoms with van der Waals surface area (Å²) in [4.78, 5) is 0. The standard InChI is InChI=1S/C17H24N2/c18-11-16-6-12-5-13(7-16)9-17(8-12,10-16)14-1-3-15(19)4-2-14/h1-4,12-13H,5-11,18-19H2. The van der Waals surface area contributed by atoms with Gasteiger partial charge in [-0.1, -0.05) is 12.1 Å². The van der Waals surface area contributed by atoms with Crippen LogP contribution in [-0.2, 0) is 5.41 Å². The number of benzene rings is 1. The lowest BCUT2D eigenvalue weighted by atomic mass is 9.43. The van der Waals surface area contributed by atoms with Crippen LogP contribution in [0.2, 0.25) is 0 Å². The van der Waals surface area contributed by atoms with Gasteiger partial charge in [0.05, 0.1) is 0 Å². The summed E-state index contributed by atoms with van der Waals surface area (Å²) in [6, 6.07) is 8.69. The van der Waals surface area contributed by atoms with Crippen molar-refractivity contribution in [1.82, 2.24) is 0 Å². The number of nitrogens with two attached hydrogens (primary N) is 2. The van der Waals surface area contributed by atoms with Gasteiger partial charge in [0, 0.05) is 5.69 Å². The largest absolute Gasteiger partial charge is 0.399 e. The predicted molar refractivity (Wildman–Crippen MR) is 78.7 cm³/mol. The fourth-order valence-electron chi connectivity index (χ4n) is 5.87. The molecule has 4 aliphatic carbocycles. The van der Waals surface area contributed by atoms with Crippen LogP contribution in [0.15, 0.2) is 24.3 Å². The maximum Gasteiger partial charge on any atom is 0.0314 e. The van der Waals surface area contributed by atoms with Crippen LogP contribution in [0.3, 0.4) is 0 Å². The minimum absolute atomic E-state index is 0.414. The molecule has 0 spiro atoms. The molecule has 0 aliphatic heterocycles. The Morgan fingerprint density at radius 3 is 2.21 bits per heavy atom. The van der Waals surface area contributed by atoms with Crippen molar-refractivity contribution in [2.24, 2.45) is 23.0 Å². The SMILES string of the molecule is NCC12CC3CC(C1)CC(c1ccc(N)cc1)(C3)C2. The molecule has 4 fully saturated rings. The van der Waals surface area contributed by atoms with Crippen molar-refractivity contribution in [2.75, 3.05) is 12.3 Å². The molecule has 1 aromatic carbocycles. The Hall–Kier alpha value is -1.02. The molecule has 0 saturated heterocycles. The van der Waals surface area contributed by atoms with Crippen molar-refractivity contribution >= 4 is 5.69 Å². The van der Waals surface area contributed by atoms with Crippen LogP contribution in [0.25, 0.3) is 0 Å². The molecule has 0 radical (unpaired) electrons. The molecule has 2 unspecified atom stereocenters. The average molecular weight is 256 g/mol. The van der Waals surface area contributed by atoms with E-state index in [-0.39, 0.29) is 0 Å². The second kappa shape index (κ2) is 3.76. The lowest BCUT2D eigenvalue weighted by Crippen LogP contribution is -2.56. The number of hydrogen-bond acceptors (Lipinski definition) is 2. The van der Waals surface area contributed by atoms with Crippen molar-refractivity contribution in [1.29, 1.82) is 0 Å². The van der Waals surface area contributed by atoms with Crippen LogP contribution in [0.5, 0.6) is 0 Å². The van der Waals surface area contributed by atoms with E-state index in [0.29, 0.717) is 10.8 Å². The number of nitrogen functional groups attached to an aromatic ring is 1. The zero-order valence-electron chi connectivity index (χ0n) is 11.6. The Morgan fingerprint density at radius 2 is 1.63 bits per heavy atom. The highest BCUT2D eigenvalue weighted by Crippen LogP contribution is 2.65. The molecule has 19 heavy (non-hydrogen) atoms. The third-order valence-electron chi connectivity index (χ3n) is 6.14. The van der Waals surface area contributed by atoms with Crippen LogP contribution in [0, 0.1) is 17.3 Å². The number of rotatable bonds is 2. The molecule has 4 saturated carbocycles. The van der Waals surface area contributed by atoms with Gasteiger partial charge in [0.1, 0.15) is 0 Å². The van der Waals surface area contributed by atoms with E-state index in [1.165, 1.54) is 44.1 Å². The highest BCUT2D eigenvalue weighted by molar-refractivity contribution is 5.42. The van der Waals surface area contributed by atoms with Gasteiger partial charge in [-0.3, -0.25) is 0 Å². The topological polar surface area (TPSA) is 52.0 Å². The van der Waals surface area contributed by atoms with E-state index >= 15 is 0 Å². The molecule has 2 heteroatoms. The molecule has 1 aromatic rings. The van der Waals surface area contributed by atoms with Gasteiger partial charge >= 0.3 is 0 Å². The van der Waals surface area contributed by atoms with Gasteiger partial charge in [-0.05, 0) is 85.4 Å². The first-order valence-electron chi connectivity index (χ1n) is 7.69. The highest BCUT2D eigenvalue weighted by Gasteiger charge is 2.57. The fraction of sp³-hybridized carbons (Fsp3) is 0.647. The monoisotopic (exact) mass is 256 g/mol. The lowest BCUT2D eigenvalue weighted by Gasteiger charge is -2.62. The molecule has 102 valence electrons. The Morgan fingerprint density at radius 1 is 1.00 bits per heavy atom. The van der Waals surface area contributed by atoms with E-state index in [2.05, 4.69) is 24.3 Å². The zero-order valence-corrected chi connectivity index (χ0v) is 11.6. The van der Waals surface area contributed by atoms with Crippen LogP contribution < -0.4 is 11.5 Å². The van der Waals surface area contributed by atoms with Crippen LogP contribution >= 0.6 is 0 Å². The maximum absolute atomic E-state index is 6.17. The predicted octanol–water partition coefficient (Wildman–Crippen LogP) is 3.07. The van der Waals surface area contributed by atoms with Crippen LogP contribution in [0.4, 0.5) is 5.69 Å². The normalized spacial score (nSPS) is 43.6. The first-order valence-corrected chi connectivity index (χ1v) is 7.69. The lowest BCUT2D eigenvalue weighted by molar-refractivity contribution is -0.0666. The summed E-state index contributed by atoms with van der Waals surface area (Å²) in [5.74, 6) is 1.84. The Labute approximate surface area is 115 Å². The Kier molecular flexibility index (Phi) is 2.33. The first kappa shape index (κ1) is 11.8. The van der Waals surface area contributed by atoms with Crippen molar-refractivity contribution in [3.63, 3.8) is 0 Å². The van der Waals surface area contributed by atoms with E-state index in [0.717, 1.165) is 24.1 Å². The van der Waals surface area contributed by atoms with Gasteiger partial charge in [0.25, 0.3) is 0 Å². The first-order chi connectivity index (χ1) is 9.13. The quantitative estimate of drug-likeness (QED) is 0.799. The number of anilines is 1. The Bertz CT molecular complexity index is 476. The summed E-state index contributed by atoms with van der Waals surface area (Å²) in [5.41, 5.74) is 15.3. The average Bonchev–Trinajstić information content (AvgIpc) is 2.38. The van der Waals surface area contributed by atoms with Crippen molar-refractivity contribution in [2.45, 2.75) is 43.9 Å². The zero-order chi connectivity index (χ0) is 13.1. The highest BCUT2D eigenvalue weighted by atomic mass is 14.7. The van der Waals surface area contributed by atoms with E-state index < -0.39 is 0 Å². The van der Waals surface area contributed by atoms with Gasteiger partial charge in [-0.25, -0.2) is 0 Å². The summed E-state index contributed by atoms with van der Waals surface area (Å²) in [6.07, 6.45) is 8.31. The molecule has 2 atom stereocenters. The second-order valence-electron chi connectivity index (χ2n) is 7.57. The molecule has 0 heterocycles. The maximum atomic E-state index is 6.17. The molecule has 2 nitrogen and oxygen atoms in total. The number of hydrogen-bond donors (Lipinski definition) is 2. The van der Waals surface area contributed by atoms with E-state index in [4.69, 9.17) is 11.5 Å². The minimum atomic E-state index is 0.414. The molecule has 4 N–H and O–H groups in total. The third-order valence-corrected chi connectivity index (χ3v) is 6.14. The van der Waals surface area contributed by atoms with Gasteiger partial charge in [0.15, 0.2) is 0 Å². The molecular weight excluding hydrogens is 232 g/mol. The van der Waals surface area contributed by atoms with Crippen molar-refractivity contribution < 1.29 is 0 Å². The Balaban J connectivity index is 1.76. The minimum Gasteiger partial charge on any atom is -0.399 e. The molecule has 5 rings (SSSR count). The molecule has 0 amide bonds. The van der Waals surface area contributed by atoms with Crippen LogP contribution in [-0.4, -0.2) is 6.54 Å². The van der Waals surface area contributed by atoms with Gasteiger partial charge < -0.3 is 11.5 Å². The third kappa shape index (κ3) is 1.66. The molecule has 4 bridgehead atoms. The van der Waals surface area contributed by atoms with Crippen molar-refractivity contribution in [3.05, 3.63) is 29.8 Å². The molecule has 4 aliphatic rings. The smallest absolute Gasteiger partial charge is 0.0314 e. The summed E-state index contributed by atoms with van der Waals surface area (Å²) in [5, 5.41) is 0. The van der Waals surface area contributed by atoms with E-state index in [1.807, 2.05) is 0 Å². The van der Waals surface area contributed by atoms with Gasteiger partial charge in [0.2, 0.25) is 0 Å². The second-order valence-corrected chi connectivity index (χ2v) is 7.57. The summed E-state index contributed by atoms with van der Waals surface area (Å²) in [6.45, 7) is 0.886. The summed E-state index contributed by atoms with van der Waals surface area (Å²) in [7, 11) is 0.